The van der Waals surface area contributed by atoms with Crippen molar-refractivity contribution < 1.29 is 19.4 Å². The highest BCUT2D eigenvalue weighted by Crippen LogP contribution is 2.42. The lowest BCUT2D eigenvalue weighted by Crippen LogP contribution is -2.46. The monoisotopic (exact) mass is 578 g/mol. The number of hydrogen-bond acceptors (Lipinski definition) is 4. The van der Waals surface area contributed by atoms with Gasteiger partial charge in [-0.3, -0.25) is 9.59 Å². The molecule has 2 rings (SSSR count). The molecule has 0 amide bonds. The average Bonchev–Trinajstić information content (AvgIpc) is 3.72. The van der Waals surface area contributed by atoms with E-state index >= 15 is 0 Å². The van der Waals surface area contributed by atoms with Gasteiger partial charge < -0.3 is 14.7 Å². The molecule has 0 aromatic heterocycles. The maximum absolute atomic E-state index is 12.1. The Kier molecular flexibility index (Phi) is 19.8. The summed E-state index contributed by atoms with van der Waals surface area (Å²) >= 11 is 0. The van der Waals surface area contributed by atoms with Crippen LogP contribution >= 0.6 is 0 Å². The standard InChI is InChI=1S/C36H67NO4/c1-4-6-8-10-11-14-18-21-30(34-28-32(36(39)40)25-26-37(34)3)22-19-15-12-13-16-20-24-35(38)41-29-33-27-31(33)23-17-9-7-5-2/h30-34H,4-29H2,1-3H3,(H,39,40). The number of ether oxygens (including phenoxy) is 1. The molecular weight excluding hydrogens is 510 g/mol. The highest BCUT2D eigenvalue weighted by Gasteiger charge is 2.37. The smallest absolute Gasteiger partial charge is 0.306 e. The molecule has 0 aromatic rings. The van der Waals surface area contributed by atoms with E-state index in [9.17, 15) is 14.7 Å². The molecule has 2 aliphatic rings. The number of rotatable bonds is 26. The highest BCUT2D eigenvalue weighted by molar-refractivity contribution is 5.70. The van der Waals surface area contributed by atoms with Crippen LogP contribution in [-0.2, 0) is 14.3 Å². The molecule has 0 aromatic carbocycles. The van der Waals surface area contributed by atoms with Crippen LogP contribution in [0.4, 0.5) is 0 Å². The molecule has 240 valence electrons. The maximum Gasteiger partial charge on any atom is 0.306 e. The lowest BCUT2D eigenvalue weighted by atomic mass is 9.79. The Morgan fingerprint density at radius 1 is 0.756 bits per heavy atom. The van der Waals surface area contributed by atoms with Gasteiger partial charge >= 0.3 is 11.9 Å². The van der Waals surface area contributed by atoms with Gasteiger partial charge in [-0.15, -0.1) is 0 Å². The van der Waals surface area contributed by atoms with Gasteiger partial charge in [0.2, 0.25) is 0 Å². The van der Waals surface area contributed by atoms with Crippen molar-refractivity contribution in [1.29, 1.82) is 0 Å². The Balaban J connectivity index is 1.56. The Morgan fingerprint density at radius 3 is 1.93 bits per heavy atom. The summed E-state index contributed by atoms with van der Waals surface area (Å²) in [6.45, 7) is 6.09. The first kappa shape index (κ1) is 36.1. The van der Waals surface area contributed by atoms with Gasteiger partial charge in [0.25, 0.3) is 0 Å². The molecule has 1 N–H and O–H groups in total. The molecule has 5 heteroatoms. The van der Waals surface area contributed by atoms with Gasteiger partial charge in [0, 0.05) is 12.5 Å². The SMILES string of the molecule is CCCCCCCCCC(CCCCCCCCC(=O)OCC1CC1CCCCCC)C1CC(C(=O)O)CCN1C. The van der Waals surface area contributed by atoms with Gasteiger partial charge in [-0.1, -0.05) is 123 Å². The number of aliphatic carboxylic acids is 1. The number of likely N-dealkylation sites (tertiary alicyclic amines) is 1. The summed E-state index contributed by atoms with van der Waals surface area (Å²) in [5.41, 5.74) is 0. The zero-order valence-corrected chi connectivity index (χ0v) is 27.4. The topological polar surface area (TPSA) is 66.8 Å². The van der Waals surface area contributed by atoms with Crippen LogP contribution in [0, 0.1) is 23.7 Å². The molecule has 41 heavy (non-hydrogen) atoms. The van der Waals surface area contributed by atoms with Gasteiger partial charge in [0.1, 0.15) is 0 Å². The molecule has 5 atom stereocenters. The minimum atomic E-state index is -0.601. The molecule has 2 fully saturated rings. The summed E-state index contributed by atoms with van der Waals surface area (Å²) < 4.78 is 5.57. The third kappa shape index (κ3) is 16.4. The van der Waals surface area contributed by atoms with Crippen molar-refractivity contribution in [2.45, 2.75) is 174 Å². The second kappa shape index (κ2) is 22.4. The molecule has 0 radical (unpaired) electrons. The van der Waals surface area contributed by atoms with Crippen molar-refractivity contribution in [1.82, 2.24) is 4.90 Å². The predicted octanol–water partition coefficient (Wildman–Crippen LogP) is 9.81. The van der Waals surface area contributed by atoms with Gasteiger partial charge in [-0.25, -0.2) is 0 Å². The number of piperidine rings is 1. The molecule has 5 unspecified atom stereocenters. The number of hydrogen-bond donors (Lipinski definition) is 1. The van der Waals surface area contributed by atoms with Crippen LogP contribution in [0.2, 0.25) is 0 Å². The zero-order valence-electron chi connectivity index (χ0n) is 27.4. The lowest BCUT2D eigenvalue weighted by molar-refractivity contribution is -0.145. The predicted molar refractivity (Wildman–Crippen MR) is 171 cm³/mol. The van der Waals surface area contributed by atoms with Crippen LogP contribution in [0.5, 0.6) is 0 Å². The molecule has 1 saturated heterocycles. The van der Waals surface area contributed by atoms with Crippen molar-refractivity contribution in [3.63, 3.8) is 0 Å². The Hall–Kier alpha value is -1.10. The fourth-order valence-corrected chi connectivity index (χ4v) is 7.14. The largest absolute Gasteiger partial charge is 0.481 e. The summed E-state index contributed by atoms with van der Waals surface area (Å²) in [7, 11) is 2.21. The van der Waals surface area contributed by atoms with Crippen LogP contribution in [-0.4, -0.2) is 48.2 Å². The number of nitrogens with zero attached hydrogens (tertiary/aromatic N) is 1. The van der Waals surface area contributed by atoms with E-state index in [1.165, 1.54) is 122 Å². The highest BCUT2D eigenvalue weighted by atomic mass is 16.5. The molecule has 1 heterocycles. The van der Waals surface area contributed by atoms with Crippen molar-refractivity contribution in [3.8, 4) is 0 Å². The second-order valence-electron chi connectivity index (χ2n) is 13.7. The summed E-state index contributed by atoms with van der Waals surface area (Å²) in [4.78, 5) is 26.3. The van der Waals surface area contributed by atoms with Crippen molar-refractivity contribution >= 4 is 11.9 Å². The van der Waals surface area contributed by atoms with E-state index in [0.29, 0.717) is 30.9 Å². The first-order valence-electron chi connectivity index (χ1n) is 18.0. The second-order valence-corrected chi connectivity index (χ2v) is 13.7. The average molecular weight is 578 g/mol. The van der Waals surface area contributed by atoms with Crippen LogP contribution in [0.15, 0.2) is 0 Å². The minimum Gasteiger partial charge on any atom is -0.481 e. The number of carbonyl (C=O) groups is 2. The Morgan fingerprint density at radius 2 is 1.32 bits per heavy atom. The molecular formula is C36H67NO4. The van der Waals surface area contributed by atoms with Crippen molar-refractivity contribution in [2.75, 3.05) is 20.2 Å². The van der Waals surface area contributed by atoms with Gasteiger partial charge in [-0.2, -0.15) is 0 Å². The summed E-state index contributed by atoms with van der Waals surface area (Å²) in [5, 5.41) is 9.66. The maximum atomic E-state index is 12.1. The number of carboxylic acids is 1. The quantitative estimate of drug-likeness (QED) is 0.0818. The third-order valence-electron chi connectivity index (χ3n) is 10.2. The third-order valence-corrected chi connectivity index (χ3v) is 10.2. The van der Waals surface area contributed by atoms with E-state index in [1.54, 1.807) is 0 Å². The van der Waals surface area contributed by atoms with Gasteiger partial charge in [0.05, 0.1) is 12.5 Å². The first-order chi connectivity index (χ1) is 20.0. The normalized spacial score (nSPS) is 23.4. The fraction of sp³-hybridized carbons (Fsp3) is 0.944. The number of carboxylic acid groups (broad SMARTS) is 1. The van der Waals surface area contributed by atoms with E-state index in [0.717, 1.165) is 38.1 Å². The van der Waals surface area contributed by atoms with E-state index in [-0.39, 0.29) is 11.9 Å². The van der Waals surface area contributed by atoms with E-state index < -0.39 is 5.97 Å². The zero-order chi connectivity index (χ0) is 29.7. The number of carbonyl (C=O) groups excluding carboxylic acids is 1. The van der Waals surface area contributed by atoms with Crippen molar-refractivity contribution in [3.05, 3.63) is 0 Å². The van der Waals surface area contributed by atoms with E-state index in [4.69, 9.17) is 4.74 Å². The minimum absolute atomic E-state index is 0.00565. The van der Waals surface area contributed by atoms with Crippen LogP contribution in [0.3, 0.4) is 0 Å². The molecule has 0 bridgehead atoms. The van der Waals surface area contributed by atoms with E-state index in [2.05, 4.69) is 25.8 Å². The lowest BCUT2D eigenvalue weighted by Gasteiger charge is -2.40. The molecule has 0 spiro atoms. The summed E-state index contributed by atoms with van der Waals surface area (Å²) in [6, 6.07) is 0.419. The van der Waals surface area contributed by atoms with Gasteiger partial charge in [-0.05, 0) is 69.9 Å². The van der Waals surface area contributed by atoms with E-state index in [1.807, 2.05) is 0 Å². The Bertz CT molecular complexity index is 682. The molecule has 1 aliphatic heterocycles. The van der Waals surface area contributed by atoms with Crippen LogP contribution < -0.4 is 0 Å². The Labute approximate surface area is 253 Å². The van der Waals surface area contributed by atoms with Crippen molar-refractivity contribution in [2.24, 2.45) is 23.7 Å². The summed E-state index contributed by atoms with van der Waals surface area (Å²) in [6.07, 6.45) is 28.9. The molecule has 5 nitrogen and oxygen atoms in total. The first-order valence-corrected chi connectivity index (χ1v) is 18.0. The number of unbranched alkanes of at least 4 members (excludes halogenated alkanes) is 14. The number of esters is 1. The van der Waals surface area contributed by atoms with Crippen LogP contribution in [0.1, 0.15) is 168 Å². The fourth-order valence-electron chi connectivity index (χ4n) is 7.14. The van der Waals surface area contributed by atoms with Crippen LogP contribution in [0.25, 0.3) is 0 Å². The van der Waals surface area contributed by atoms with Gasteiger partial charge in [0.15, 0.2) is 0 Å². The molecule has 1 aliphatic carbocycles. The summed E-state index contributed by atoms with van der Waals surface area (Å²) in [5.74, 6) is 1.31. The molecule has 1 saturated carbocycles.